The quantitative estimate of drug-likeness (QED) is 0.569. The second-order valence-corrected chi connectivity index (χ2v) is 2.96. The lowest BCUT2D eigenvalue weighted by Crippen LogP contribution is -2.04. The van der Waals surface area contributed by atoms with Crippen molar-refractivity contribution in [2.45, 2.75) is 6.42 Å². The number of benzene rings is 1. The Hall–Kier alpha value is -1.79. The van der Waals surface area contributed by atoms with Crippen LogP contribution < -0.4 is 5.73 Å². The van der Waals surface area contributed by atoms with Crippen LogP contribution in [0.5, 0.6) is 0 Å². The Morgan fingerprint density at radius 1 is 1.53 bits per heavy atom. The van der Waals surface area contributed by atoms with Crippen molar-refractivity contribution < 1.29 is 9.53 Å². The van der Waals surface area contributed by atoms with Gasteiger partial charge in [0.2, 0.25) is 0 Å². The van der Waals surface area contributed by atoms with Crippen molar-refractivity contribution in [1.29, 1.82) is 0 Å². The van der Waals surface area contributed by atoms with E-state index in [0.29, 0.717) is 6.54 Å². The number of carbonyl (C=O) groups excluding carboxylic acids is 1. The van der Waals surface area contributed by atoms with Crippen LogP contribution in [0.25, 0.3) is 0 Å². The van der Waals surface area contributed by atoms with E-state index in [1.165, 1.54) is 7.11 Å². The normalized spacial score (nSPS) is 8.93. The fourth-order valence-corrected chi connectivity index (χ4v) is 1.15. The number of hydrogen-bond acceptors (Lipinski definition) is 3. The van der Waals surface area contributed by atoms with E-state index in [1.807, 2.05) is 24.3 Å². The van der Waals surface area contributed by atoms with E-state index in [2.05, 4.69) is 16.6 Å². The third-order valence-corrected chi connectivity index (χ3v) is 1.84. The Bertz CT molecular complexity index is 402. The minimum atomic E-state index is -0.251. The highest BCUT2D eigenvalue weighted by atomic mass is 16.5. The van der Waals surface area contributed by atoms with E-state index in [9.17, 15) is 4.79 Å². The zero-order valence-corrected chi connectivity index (χ0v) is 8.62. The number of esters is 1. The maximum Gasteiger partial charge on any atom is 0.309 e. The summed E-state index contributed by atoms with van der Waals surface area (Å²) >= 11 is 0. The van der Waals surface area contributed by atoms with Gasteiger partial charge in [-0.25, -0.2) is 0 Å². The minimum Gasteiger partial charge on any atom is -0.469 e. The van der Waals surface area contributed by atoms with Crippen LogP contribution in [-0.2, 0) is 16.0 Å². The number of hydrogen-bond donors (Lipinski definition) is 1. The van der Waals surface area contributed by atoms with Crippen LogP contribution in [0.1, 0.15) is 11.1 Å². The van der Waals surface area contributed by atoms with Crippen molar-refractivity contribution in [2.75, 3.05) is 13.7 Å². The Morgan fingerprint density at radius 3 is 3.00 bits per heavy atom. The van der Waals surface area contributed by atoms with E-state index in [1.54, 1.807) is 0 Å². The Morgan fingerprint density at radius 2 is 2.33 bits per heavy atom. The molecule has 1 aromatic carbocycles. The molecule has 0 bridgehead atoms. The van der Waals surface area contributed by atoms with Crippen molar-refractivity contribution in [1.82, 2.24) is 0 Å². The molecule has 0 saturated carbocycles. The van der Waals surface area contributed by atoms with Crippen LogP contribution in [0.4, 0.5) is 0 Å². The highest BCUT2D eigenvalue weighted by Gasteiger charge is 2.02. The first-order valence-electron chi connectivity index (χ1n) is 4.61. The van der Waals surface area contributed by atoms with Gasteiger partial charge in [-0.2, -0.15) is 0 Å². The van der Waals surface area contributed by atoms with Gasteiger partial charge in [0.25, 0.3) is 0 Å². The molecule has 15 heavy (non-hydrogen) atoms. The summed E-state index contributed by atoms with van der Waals surface area (Å²) in [6, 6.07) is 7.46. The molecule has 0 unspecified atom stereocenters. The number of nitrogens with two attached hydrogens (primary N) is 1. The lowest BCUT2D eigenvalue weighted by molar-refractivity contribution is -0.139. The molecule has 0 aromatic heterocycles. The Labute approximate surface area is 89.2 Å². The van der Waals surface area contributed by atoms with Gasteiger partial charge in [-0.15, -0.1) is 0 Å². The second-order valence-electron chi connectivity index (χ2n) is 2.96. The summed E-state index contributed by atoms with van der Waals surface area (Å²) in [6.45, 7) is 0.335. The van der Waals surface area contributed by atoms with Crippen molar-refractivity contribution in [3.8, 4) is 11.8 Å². The Balaban J connectivity index is 2.78. The summed E-state index contributed by atoms with van der Waals surface area (Å²) in [5.41, 5.74) is 7.03. The molecule has 0 aliphatic heterocycles. The molecule has 0 atom stereocenters. The lowest BCUT2D eigenvalue weighted by atomic mass is 10.1. The highest BCUT2D eigenvalue weighted by Crippen LogP contribution is 2.05. The predicted octanol–water partition coefficient (Wildman–Crippen LogP) is 0.712. The predicted molar refractivity (Wildman–Crippen MR) is 58.1 cm³/mol. The van der Waals surface area contributed by atoms with Gasteiger partial charge in [0.05, 0.1) is 20.1 Å². The van der Waals surface area contributed by atoms with Gasteiger partial charge >= 0.3 is 5.97 Å². The standard InChI is InChI=1S/C12H13NO2/c1-15-12(14)9-11-5-2-4-10(8-11)6-3-7-13/h2,4-5,8H,7,9,13H2,1H3. The average Bonchev–Trinajstić information content (AvgIpc) is 2.26. The molecular formula is C12H13NO2. The first-order chi connectivity index (χ1) is 7.26. The van der Waals surface area contributed by atoms with Gasteiger partial charge < -0.3 is 10.5 Å². The molecule has 0 aliphatic carbocycles. The summed E-state index contributed by atoms with van der Waals surface area (Å²) in [4.78, 5) is 11.0. The van der Waals surface area contributed by atoms with Crippen molar-refractivity contribution in [2.24, 2.45) is 5.73 Å². The fourth-order valence-electron chi connectivity index (χ4n) is 1.15. The molecule has 0 spiro atoms. The highest BCUT2D eigenvalue weighted by molar-refractivity contribution is 5.72. The first-order valence-corrected chi connectivity index (χ1v) is 4.61. The molecule has 0 heterocycles. The van der Waals surface area contributed by atoms with Crippen LogP contribution in [-0.4, -0.2) is 19.6 Å². The maximum atomic E-state index is 11.0. The summed E-state index contributed by atoms with van der Waals surface area (Å²) in [5.74, 6) is 5.42. The van der Waals surface area contributed by atoms with Gasteiger partial charge in [0.15, 0.2) is 0 Å². The summed E-state index contributed by atoms with van der Waals surface area (Å²) in [7, 11) is 1.38. The van der Waals surface area contributed by atoms with E-state index < -0.39 is 0 Å². The van der Waals surface area contributed by atoms with Gasteiger partial charge in [0.1, 0.15) is 0 Å². The molecule has 3 heteroatoms. The number of ether oxygens (including phenoxy) is 1. The molecule has 0 aliphatic rings. The van der Waals surface area contributed by atoms with E-state index in [-0.39, 0.29) is 12.4 Å². The topological polar surface area (TPSA) is 52.3 Å². The fraction of sp³-hybridized carbons (Fsp3) is 0.250. The summed E-state index contributed by atoms with van der Waals surface area (Å²) in [5, 5.41) is 0. The third kappa shape index (κ3) is 3.84. The third-order valence-electron chi connectivity index (χ3n) is 1.84. The molecule has 1 rings (SSSR count). The maximum absolute atomic E-state index is 11.0. The molecule has 0 saturated heterocycles. The molecule has 3 nitrogen and oxygen atoms in total. The Kier molecular flexibility index (Phi) is 4.39. The monoisotopic (exact) mass is 203 g/mol. The molecule has 0 radical (unpaired) electrons. The van der Waals surface area contributed by atoms with Gasteiger partial charge in [-0.3, -0.25) is 4.79 Å². The van der Waals surface area contributed by atoms with Gasteiger partial charge in [0, 0.05) is 5.56 Å². The van der Waals surface area contributed by atoms with E-state index >= 15 is 0 Å². The SMILES string of the molecule is COC(=O)Cc1cccc(C#CCN)c1. The number of methoxy groups -OCH3 is 1. The molecule has 0 fully saturated rings. The smallest absolute Gasteiger partial charge is 0.309 e. The van der Waals surface area contributed by atoms with Crippen molar-refractivity contribution >= 4 is 5.97 Å². The zero-order valence-electron chi connectivity index (χ0n) is 8.62. The van der Waals surface area contributed by atoms with E-state index in [4.69, 9.17) is 5.73 Å². The van der Waals surface area contributed by atoms with Gasteiger partial charge in [-0.1, -0.05) is 24.0 Å². The van der Waals surface area contributed by atoms with Crippen LogP contribution in [0.3, 0.4) is 0 Å². The average molecular weight is 203 g/mol. The molecular weight excluding hydrogens is 190 g/mol. The minimum absolute atomic E-state index is 0.251. The second kappa shape index (κ2) is 5.84. The van der Waals surface area contributed by atoms with E-state index in [0.717, 1.165) is 11.1 Å². The van der Waals surface area contributed by atoms with Crippen LogP contribution >= 0.6 is 0 Å². The molecule has 2 N–H and O–H groups in total. The number of rotatable bonds is 2. The van der Waals surface area contributed by atoms with Crippen molar-refractivity contribution in [3.63, 3.8) is 0 Å². The van der Waals surface area contributed by atoms with Crippen molar-refractivity contribution in [3.05, 3.63) is 35.4 Å². The summed E-state index contributed by atoms with van der Waals surface area (Å²) in [6.07, 6.45) is 0.272. The molecule has 1 aromatic rings. The summed E-state index contributed by atoms with van der Waals surface area (Å²) < 4.78 is 4.58. The van der Waals surface area contributed by atoms with Crippen LogP contribution in [0.2, 0.25) is 0 Å². The lowest BCUT2D eigenvalue weighted by Gasteiger charge is -2.00. The molecule has 78 valence electrons. The zero-order chi connectivity index (χ0) is 11.1. The largest absolute Gasteiger partial charge is 0.469 e. The number of carbonyl (C=O) groups is 1. The van der Waals surface area contributed by atoms with Gasteiger partial charge in [-0.05, 0) is 17.7 Å². The molecule has 0 amide bonds. The van der Waals surface area contributed by atoms with Crippen LogP contribution in [0, 0.1) is 11.8 Å². The van der Waals surface area contributed by atoms with Crippen LogP contribution in [0.15, 0.2) is 24.3 Å². The first kappa shape index (κ1) is 11.3.